The molecule has 1 nitrogen and oxygen atoms in total. The number of benzene rings is 2. The third-order valence-electron chi connectivity index (χ3n) is 3.65. The lowest BCUT2D eigenvalue weighted by molar-refractivity contribution is 0.517. The molecule has 0 aliphatic heterocycles. The van der Waals surface area contributed by atoms with Crippen LogP contribution in [-0.4, -0.2) is 12.8 Å². The normalized spacial score (nSPS) is 12.4. The number of nitrogens with one attached hydrogen (secondary N) is 1. The molecule has 2 aromatic carbocycles. The van der Waals surface area contributed by atoms with Crippen molar-refractivity contribution in [3.8, 4) is 0 Å². The summed E-state index contributed by atoms with van der Waals surface area (Å²) in [5, 5.41) is 3.57. The lowest BCUT2D eigenvalue weighted by Crippen LogP contribution is -2.17. The van der Waals surface area contributed by atoms with Crippen LogP contribution in [0.5, 0.6) is 0 Å². The van der Waals surface area contributed by atoms with E-state index in [-0.39, 0.29) is 0 Å². The van der Waals surface area contributed by atoms with Crippen molar-refractivity contribution in [1.29, 1.82) is 0 Å². The minimum absolute atomic E-state index is 0.538. The predicted octanol–water partition coefficient (Wildman–Crippen LogP) is 5.26. The first-order chi connectivity index (χ1) is 9.70. The van der Waals surface area contributed by atoms with E-state index < -0.39 is 0 Å². The molecule has 0 saturated heterocycles. The van der Waals surface area contributed by atoms with Gasteiger partial charge in [0.2, 0.25) is 0 Å². The summed E-state index contributed by atoms with van der Waals surface area (Å²) in [7, 11) is 0. The maximum atomic E-state index is 3.57. The molecule has 0 amide bonds. The molecular weight excluding hydrogens is 262 g/mol. The van der Waals surface area contributed by atoms with Crippen molar-refractivity contribution < 1.29 is 0 Å². The van der Waals surface area contributed by atoms with Crippen LogP contribution in [-0.2, 0) is 0 Å². The number of thioether (sulfide) groups is 1. The summed E-state index contributed by atoms with van der Waals surface area (Å²) in [4.78, 5) is 1.30. The molecule has 1 N–H and O–H groups in total. The Bertz CT molecular complexity index is 505. The molecule has 2 aromatic rings. The highest BCUT2D eigenvalue weighted by Gasteiger charge is 2.15. The average molecular weight is 285 g/mol. The van der Waals surface area contributed by atoms with Gasteiger partial charge in [-0.3, -0.25) is 0 Å². The largest absolute Gasteiger partial charge is 0.384 e. The molecule has 2 heteroatoms. The maximum Gasteiger partial charge on any atom is 0.0341 e. The summed E-state index contributed by atoms with van der Waals surface area (Å²) >= 11 is 1.78. The fraction of sp³-hybridized carbons (Fsp3) is 0.333. The van der Waals surface area contributed by atoms with Crippen molar-refractivity contribution in [3.63, 3.8) is 0 Å². The topological polar surface area (TPSA) is 12.0 Å². The van der Waals surface area contributed by atoms with Crippen molar-refractivity contribution in [3.05, 3.63) is 60.2 Å². The number of rotatable bonds is 6. The van der Waals surface area contributed by atoms with Crippen LogP contribution in [0.1, 0.15) is 25.3 Å². The van der Waals surface area contributed by atoms with Gasteiger partial charge in [-0.05, 0) is 42.0 Å². The Kier molecular flexibility index (Phi) is 5.54. The standard InChI is InChI=1S/C18H23NS/c1-14(2)18(15-7-5-4-6-8-15)13-19-16-9-11-17(20-3)12-10-16/h4-12,14,18-19H,13H2,1-3H3. The van der Waals surface area contributed by atoms with E-state index >= 15 is 0 Å². The minimum Gasteiger partial charge on any atom is -0.384 e. The van der Waals surface area contributed by atoms with Gasteiger partial charge in [0.05, 0.1) is 0 Å². The summed E-state index contributed by atoms with van der Waals surface area (Å²) in [6.45, 7) is 5.55. The van der Waals surface area contributed by atoms with E-state index in [9.17, 15) is 0 Å². The zero-order valence-electron chi connectivity index (χ0n) is 12.5. The van der Waals surface area contributed by atoms with Crippen LogP contribution >= 0.6 is 11.8 Å². The zero-order valence-corrected chi connectivity index (χ0v) is 13.3. The molecule has 0 aliphatic rings. The molecule has 0 aromatic heterocycles. The van der Waals surface area contributed by atoms with Gasteiger partial charge in [0, 0.05) is 23.0 Å². The quantitative estimate of drug-likeness (QED) is 0.726. The van der Waals surface area contributed by atoms with Gasteiger partial charge in [0.15, 0.2) is 0 Å². The fourth-order valence-corrected chi connectivity index (χ4v) is 2.78. The Labute approximate surface area is 126 Å². The van der Waals surface area contributed by atoms with E-state index in [4.69, 9.17) is 0 Å². The van der Waals surface area contributed by atoms with Crippen LogP contribution in [0.4, 0.5) is 5.69 Å². The Morgan fingerprint density at radius 2 is 1.60 bits per heavy atom. The van der Waals surface area contributed by atoms with Crippen molar-refractivity contribution in [2.75, 3.05) is 18.1 Å². The Morgan fingerprint density at radius 3 is 2.15 bits per heavy atom. The van der Waals surface area contributed by atoms with Crippen molar-refractivity contribution in [2.45, 2.75) is 24.7 Å². The zero-order chi connectivity index (χ0) is 14.4. The molecule has 0 aliphatic carbocycles. The fourth-order valence-electron chi connectivity index (χ4n) is 2.38. The Morgan fingerprint density at radius 1 is 0.950 bits per heavy atom. The summed E-state index contributed by atoms with van der Waals surface area (Å²) in [5.41, 5.74) is 2.61. The molecule has 0 radical (unpaired) electrons. The molecule has 0 saturated carbocycles. The van der Waals surface area contributed by atoms with Crippen molar-refractivity contribution in [1.82, 2.24) is 0 Å². The first-order valence-electron chi connectivity index (χ1n) is 7.13. The van der Waals surface area contributed by atoms with Crippen LogP contribution in [0.25, 0.3) is 0 Å². The third kappa shape index (κ3) is 4.04. The molecule has 0 fully saturated rings. The average Bonchev–Trinajstić information content (AvgIpc) is 2.49. The third-order valence-corrected chi connectivity index (χ3v) is 4.39. The van der Waals surface area contributed by atoms with Gasteiger partial charge in [-0.25, -0.2) is 0 Å². The summed E-state index contributed by atoms with van der Waals surface area (Å²) in [6.07, 6.45) is 2.10. The second kappa shape index (κ2) is 7.39. The van der Waals surface area contributed by atoms with Crippen LogP contribution in [0, 0.1) is 5.92 Å². The smallest absolute Gasteiger partial charge is 0.0341 e. The first-order valence-corrected chi connectivity index (χ1v) is 8.36. The molecule has 0 bridgehead atoms. The van der Waals surface area contributed by atoms with Gasteiger partial charge in [0.1, 0.15) is 0 Å². The van der Waals surface area contributed by atoms with Gasteiger partial charge in [-0.15, -0.1) is 11.8 Å². The highest BCUT2D eigenvalue weighted by Crippen LogP contribution is 2.25. The van der Waals surface area contributed by atoms with Gasteiger partial charge in [0.25, 0.3) is 0 Å². The molecule has 2 rings (SSSR count). The lowest BCUT2D eigenvalue weighted by Gasteiger charge is -2.22. The second-order valence-corrected chi connectivity index (χ2v) is 6.25. The number of hydrogen-bond acceptors (Lipinski definition) is 2. The van der Waals surface area contributed by atoms with E-state index in [0.29, 0.717) is 11.8 Å². The number of hydrogen-bond donors (Lipinski definition) is 1. The molecule has 106 valence electrons. The summed E-state index contributed by atoms with van der Waals surface area (Å²) in [6, 6.07) is 19.4. The monoisotopic (exact) mass is 285 g/mol. The predicted molar refractivity (Wildman–Crippen MR) is 90.7 cm³/mol. The van der Waals surface area contributed by atoms with E-state index in [1.54, 1.807) is 11.8 Å². The Hall–Kier alpha value is -1.41. The highest BCUT2D eigenvalue weighted by atomic mass is 32.2. The molecular formula is C18H23NS. The molecule has 1 atom stereocenters. The van der Waals surface area contributed by atoms with E-state index in [2.05, 4.69) is 80.0 Å². The van der Waals surface area contributed by atoms with Crippen LogP contribution < -0.4 is 5.32 Å². The molecule has 0 heterocycles. The molecule has 0 spiro atoms. The van der Waals surface area contributed by atoms with Gasteiger partial charge in [-0.2, -0.15) is 0 Å². The van der Waals surface area contributed by atoms with Gasteiger partial charge < -0.3 is 5.32 Å². The number of anilines is 1. The maximum absolute atomic E-state index is 3.57. The van der Waals surface area contributed by atoms with Crippen LogP contribution in [0.3, 0.4) is 0 Å². The Balaban J connectivity index is 2.02. The van der Waals surface area contributed by atoms with E-state index in [1.807, 2.05) is 0 Å². The minimum atomic E-state index is 0.538. The second-order valence-electron chi connectivity index (χ2n) is 5.37. The molecule has 1 unspecified atom stereocenters. The van der Waals surface area contributed by atoms with E-state index in [0.717, 1.165) is 6.54 Å². The van der Waals surface area contributed by atoms with Crippen LogP contribution in [0.2, 0.25) is 0 Å². The van der Waals surface area contributed by atoms with E-state index in [1.165, 1.54) is 16.1 Å². The lowest BCUT2D eigenvalue weighted by atomic mass is 9.88. The SMILES string of the molecule is CSc1ccc(NCC(c2ccccc2)C(C)C)cc1. The van der Waals surface area contributed by atoms with Gasteiger partial charge >= 0.3 is 0 Å². The summed E-state index contributed by atoms with van der Waals surface area (Å²) in [5.74, 6) is 1.16. The first kappa shape index (κ1) is 15.0. The molecule has 20 heavy (non-hydrogen) atoms. The van der Waals surface area contributed by atoms with Crippen molar-refractivity contribution >= 4 is 17.4 Å². The highest BCUT2D eigenvalue weighted by molar-refractivity contribution is 7.98. The van der Waals surface area contributed by atoms with Gasteiger partial charge in [-0.1, -0.05) is 44.2 Å². The van der Waals surface area contributed by atoms with Crippen LogP contribution in [0.15, 0.2) is 59.5 Å². The van der Waals surface area contributed by atoms with Crippen molar-refractivity contribution in [2.24, 2.45) is 5.92 Å². The summed E-state index contributed by atoms with van der Waals surface area (Å²) < 4.78 is 0.